The molecular weight excluding hydrogens is 334 g/mol. The number of rotatable bonds is 7. The summed E-state index contributed by atoms with van der Waals surface area (Å²) in [5.74, 6) is 2.42. The van der Waals surface area contributed by atoms with Crippen LogP contribution in [0.25, 0.3) is 0 Å². The van der Waals surface area contributed by atoms with E-state index in [2.05, 4.69) is 15.5 Å². The molecule has 0 aliphatic heterocycles. The van der Waals surface area contributed by atoms with Gasteiger partial charge in [0.05, 0.1) is 0 Å². The Labute approximate surface area is 150 Å². The Morgan fingerprint density at radius 3 is 2.58 bits per heavy atom. The SMILES string of the molecule is CC[C@H](Oc1ccc(Oc2ccccn2)cc1)C(=O)Nc1cc(C)on1. The van der Waals surface area contributed by atoms with Gasteiger partial charge in [-0.3, -0.25) is 4.79 Å². The average Bonchev–Trinajstić information content (AvgIpc) is 3.06. The van der Waals surface area contributed by atoms with Crippen LogP contribution in [0.5, 0.6) is 17.4 Å². The number of nitrogens with one attached hydrogen (secondary N) is 1. The number of nitrogens with zero attached hydrogens (tertiary/aromatic N) is 2. The molecule has 0 saturated carbocycles. The number of ether oxygens (including phenoxy) is 2. The van der Waals surface area contributed by atoms with E-state index in [-0.39, 0.29) is 5.91 Å². The molecule has 2 aromatic heterocycles. The van der Waals surface area contributed by atoms with Crippen LogP contribution >= 0.6 is 0 Å². The van der Waals surface area contributed by atoms with Crippen LogP contribution in [0.15, 0.2) is 59.3 Å². The third kappa shape index (κ3) is 4.60. The van der Waals surface area contributed by atoms with Crippen LogP contribution in [-0.4, -0.2) is 22.2 Å². The van der Waals surface area contributed by atoms with E-state index in [1.165, 1.54) is 0 Å². The highest BCUT2D eigenvalue weighted by Crippen LogP contribution is 2.23. The van der Waals surface area contributed by atoms with Crippen LogP contribution in [0.4, 0.5) is 5.82 Å². The Morgan fingerprint density at radius 2 is 1.96 bits per heavy atom. The van der Waals surface area contributed by atoms with E-state index >= 15 is 0 Å². The largest absolute Gasteiger partial charge is 0.481 e. The molecule has 134 valence electrons. The highest BCUT2D eigenvalue weighted by Gasteiger charge is 2.19. The van der Waals surface area contributed by atoms with E-state index in [1.54, 1.807) is 49.5 Å². The number of carbonyl (C=O) groups excluding carboxylic acids is 1. The number of amides is 1. The maximum Gasteiger partial charge on any atom is 0.266 e. The van der Waals surface area contributed by atoms with Crippen molar-refractivity contribution >= 4 is 11.7 Å². The molecule has 0 spiro atoms. The van der Waals surface area contributed by atoms with Crippen molar-refractivity contribution in [2.75, 3.05) is 5.32 Å². The van der Waals surface area contributed by atoms with Gasteiger partial charge in [-0.05, 0) is 43.7 Å². The van der Waals surface area contributed by atoms with E-state index in [1.807, 2.05) is 19.1 Å². The maximum absolute atomic E-state index is 12.3. The molecule has 0 saturated heterocycles. The highest BCUT2D eigenvalue weighted by molar-refractivity contribution is 5.93. The van der Waals surface area contributed by atoms with Gasteiger partial charge in [0.15, 0.2) is 11.9 Å². The predicted molar refractivity (Wildman–Crippen MR) is 95.3 cm³/mol. The van der Waals surface area contributed by atoms with Gasteiger partial charge in [0.1, 0.15) is 17.3 Å². The van der Waals surface area contributed by atoms with Crippen LogP contribution < -0.4 is 14.8 Å². The first-order valence-electron chi connectivity index (χ1n) is 8.24. The molecule has 1 aromatic carbocycles. The fourth-order valence-corrected chi connectivity index (χ4v) is 2.23. The Kier molecular flexibility index (Phi) is 5.48. The molecule has 0 radical (unpaired) electrons. The van der Waals surface area contributed by atoms with E-state index in [0.717, 1.165) is 0 Å². The molecule has 0 aliphatic rings. The van der Waals surface area contributed by atoms with E-state index in [4.69, 9.17) is 14.0 Å². The number of pyridine rings is 1. The molecular formula is C19H19N3O4. The molecule has 7 nitrogen and oxygen atoms in total. The van der Waals surface area contributed by atoms with Crippen molar-refractivity contribution in [1.82, 2.24) is 10.1 Å². The average molecular weight is 353 g/mol. The number of aromatic nitrogens is 2. The minimum atomic E-state index is -0.644. The lowest BCUT2D eigenvalue weighted by Crippen LogP contribution is -2.32. The zero-order valence-corrected chi connectivity index (χ0v) is 14.5. The number of carbonyl (C=O) groups is 1. The van der Waals surface area contributed by atoms with Crippen molar-refractivity contribution in [3.63, 3.8) is 0 Å². The summed E-state index contributed by atoms with van der Waals surface area (Å²) in [7, 11) is 0. The number of hydrogen-bond acceptors (Lipinski definition) is 6. The van der Waals surface area contributed by atoms with Crippen molar-refractivity contribution in [2.24, 2.45) is 0 Å². The maximum atomic E-state index is 12.3. The van der Waals surface area contributed by atoms with E-state index < -0.39 is 6.10 Å². The van der Waals surface area contributed by atoms with Crippen LogP contribution in [0.1, 0.15) is 19.1 Å². The minimum Gasteiger partial charge on any atom is -0.481 e. The van der Waals surface area contributed by atoms with Gasteiger partial charge in [-0.1, -0.05) is 18.1 Å². The molecule has 1 amide bonds. The van der Waals surface area contributed by atoms with Crippen LogP contribution in [-0.2, 0) is 4.79 Å². The van der Waals surface area contributed by atoms with Gasteiger partial charge in [0, 0.05) is 18.3 Å². The van der Waals surface area contributed by atoms with E-state index in [0.29, 0.717) is 35.4 Å². The monoisotopic (exact) mass is 353 g/mol. The second kappa shape index (κ2) is 8.15. The summed E-state index contributed by atoms with van der Waals surface area (Å²) in [6.07, 6.45) is 1.53. The summed E-state index contributed by atoms with van der Waals surface area (Å²) in [6, 6.07) is 14.1. The van der Waals surface area contributed by atoms with Gasteiger partial charge in [-0.25, -0.2) is 4.98 Å². The quantitative estimate of drug-likeness (QED) is 0.692. The van der Waals surface area contributed by atoms with Gasteiger partial charge < -0.3 is 19.3 Å². The summed E-state index contributed by atoms with van der Waals surface area (Å²) in [5.41, 5.74) is 0. The first-order valence-corrected chi connectivity index (χ1v) is 8.24. The zero-order chi connectivity index (χ0) is 18.4. The third-order valence-electron chi connectivity index (χ3n) is 3.50. The Hall–Kier alpha value is -3.35. The predicted octanol–water partition coefficient (Wildman–Crippen LogP) is 3.97. The summed E-state index contributed by atoms with van der Waals surface area (Å²) in [5, 5.41) is 6.42. The molecule has 1 N–H and O–H groups in total. The molecule has 1 atom stereocenters. The number of aryl methyl sites for hydroxylation is 1. The van der Waals surface area contributed by atoms with Crippen molar-refractivity contribution in [2.45, 2.75) is 26.4 Å². The molecule has 0 fully saturated rings. The Morgan fingerprint density at radius 1 is 1.19 bits per heavy atom. The summed E-state index contributed by atoms with van der Waals surface area (Å²) >= 11 is 0. The lowest BCUT2D eigenvalue weighted by Gasteiger charge is -2.16. The summed E-state index contributed by atoms with van der Waals surface area (Å²) in [4.78, 5) is 16.4. The molecule has 0 aliphatic carbocycles. The fraction of sp³-hybridized carbons (Fsp3) is 0.211. The van der Waals surface area contributed by atoms with Gasteiger partial charge in [0.2, 0.25) is 5.88 Å². The first kappa shape index (κ1) is 17.5. The highest BCUT2D eigenvalue weighted by atomic mass is 16.5. The Balaban J connectivity index is 1.60. The minimum absolute atomic E-state index is 0.283. The van der Waals surface area contributed by atoms with Gasteiger partial charge >= 0.3 is 0 Å². The lowest BCUT2D eigenvalue weighted by molar-refractivity contribution is -0.122. The molecule has 26 heavy (non-hydrogen) atoms. The van der Waals surface area contributed by atoms with Crippen molar-refractivity contribution in [1.29, 1.82) is 0 Å². The lowest BCUT2D eigenvalue weighted by atomic mass is 10.2. The standard InChI is InChI=1S/C19H19N3O4/c1-3-16(19(23)21-17-12-13(2)26-22-17)24-14-7-9-15(10-8-14)25-18-6-4-5-11-20-18/h4-12,16H,3H2,1-2H3,(H,21,22,23)/t16-/m0/s1. The molecule has 3 aromatic rings. The number of anilines is 1. The Bertz CT molecular complexity index is 847. The topological polar surface area (TPSA) is 86.5 Å². The second-order valence-electron chi connectivity index (χ2n) is 5.57. The van der Waals surface area contributed by atoms with E-state index in [9.17, 15) is 4.79 Å². The van der Waals surface area contributed by atoms with Gasteiger partial charge in [-0.15, -0.1) is 0 Å². The third-order valence-corrected chi connectivity index (χ3v) is 3.50. The first-order chi connectivity index (χ1) is 12.6. The van der Waals surface area contributed by atoms with Gasteiger partial charge in [-0.2, -0.15) is 0 Å². The fourth-order valence-electron chi connectivity index (χ4n) is 2.23. The van der Waals surface area contributed by atoms with Crippen molar-refractivity contribution in [3.05, 3.63) is 60.5 Å². The molecule has 7 heteroatoms. The van der Waals surface area contributed by atoms with Crippen molar-refractivity contribution < 1.29 is 18.8 Å². The van der Waals surface area contributed by atoms with Gasteiger partial charge in [0.25, 0.3) is 5.91 Å². The van der Waals surface area contributed by atoms with Crippen LogP contribution in [0, 0.1) is 6.92 Å². The number of benzene rings is 1. The molecule has 0 unspecified atom stereocenters. The zero-order valence-electron chi connectivity index (χ0n) is 14.5. The molecule has 0 bridgehead atoms. The second-order valence-corrected chi connectivity index (χ2v) is 5.57. The van der Waals surface area contributed by atoms with Crippen LogP contribution in [0.2, 0.25) is 0 Å². The summed E-state index contributed by atoms with van der Waals surface area (Å²) < 4.78 is 16.3. The number of hydrogen-bond donors (Lipinski definition) is 1. The summed E-state index contributed by atoms with van der Waals surface area (Å²) in [6.45, 7) is 3.63. The van der Waals surface area contributed by atoms with Crippen molar-refractivity contribution in [3.8, 4) is 17.4 Å². The smallest absolute Gasteiger partial charge is 0.266 e. The molecule has 3 rings (SSSR count). The van der Waals surface area contributed by atoms with Crippen LogP contribution in [0.3, 0.4) is 0 Å². The molecule has 2 heterocycles. The normalized spacial score (nSPS) is 11.6.